The Kier molecular flexibility index (Phi) is 18.8. The van der Waals surface area contributed by atoms with Crippen molar-refractivity contribution in [1.82, 2.24) is 54.4 Å². The van der Waals surface area contributed by atoms with Gasteiger partial charge in [0.25, 0.3) is 0 Å². The van der Waals surface area contributed by atoms with E-state index in [2.05, 4.69) is 40.3 Å². The largest absolute Gasteiger partial charge is 0.494 e. The number of methoxy groups -OCH3 is 4. The molecule has 0 unspecified atom stereocenters. The lowest BCUT2D eigenvalue weighted by Gasteiger charge is -2.39. The van der Waals surface area contributed by atoms with E-state index in [4.69, 9.17) is 37.3 Å². The molecule has 0 bridgehead atoms. The number of ether oxygens (including phenoxy) is 6. The third kappa shape index (κ3) is 13.3. The van der Waals surface area contributed by atoms with E-state index in [9.17, 15) is 35.2 Å². The Labute approximate surface area is 492 Å². The average molecular weight is 1230 g/mol. The van der Waals surface area contributed by atoms with E-state index < -0.39 is 71.3 Å². The van der Waals surface area contributed by atoms with Gasteiger partial charge in [-0.2, -0.15) is 0 Å². The van der Waals surface area contributed by atoms with Crippen LogP contribution in [0.1, 0.15) is 43.4 Å². The maximum absolute atomic E-state index is 14.1. The first-order valence-electron chi connectivity index (χ1n) is 26.7. The number of amides is 1. The molecule has 0 aliphatic carbocycles. The summed E-state index contributed by atoms with van der Waals surface area (Å²) in [6.07, 6.45) is 3.22. The lowest BCUT2D eigenvalue weighted by Crippen LogP contribution is -2.57. The number of carbonyl (C=O) groups is 2. The van der Waals surface area contributed by atoms with E-state index in [1.54, 1.807) is 97.8 Å². The number of halogens is 2. The smallest absolute Gasteiger partial charge is 0.411 e. The van der Waals surface area contributed by atoms with Crippen LogP contribution in [0.2, 0.25) is 0 Å². The fourth-order valence-corrected chi connectivity index (χ4v) is 13.2. The van der Waals surface area contributed by atoms with Gasteiger partial charge in [0.1, 0.15) is 57.4 Å². The summed E-state index contributed by atoms with van der Waals surface area (Å²) in [4.78, 5) is 45.7. The topological polar surface area (TPSA) is 307 Å². The van der Waals surface area contributed by atoms with E-state index in [0.717, 1.165) is 24.8 Å². The number of hydrogen-bond acceptors (Lipinski definition) is 24. The molecule has 0 saturated carbocycles. The molecule has 8 heterocycles. The van der Waals surface area contributed by atoms with Crippen LogP contribution in [-0.2, 0) is 45.4 Å². The first-order chi connectivity index (χ1) is 41.3. The van der Waals surface area contributed by atoms with E-state index in [0.29, 0.717) is 57.4 Å². The Balaban J connectivity index is 0.000000205. The molecule has 0 radical (unpaired) electrons. The highest BCUT2D eigenvalue weighted by Gasteiger charge is 2.42. The highest BCUT2D eigenvalue weighted by Crippen LogP contribution is 2.40. The van der Waals surface area contributed by atoms with Crippen LogP contribution >= 0.6 is 0 Å². The van der Waals surface area contributed by atoms with Crippen LogP contribution in [0.5, 0.6) is 23.0 Å². The second kappa shape index (κ2) is 26.3. The number of aryl methyl sites for hydroxylation is 2. The number of para-hydroxylation sites is 2. The van der Waals surface area contributed by atoms with Crippen molar-refractivity contribution < 1.29 is 72.5 Å². The first-order valence-corrected chi connectivity index (χ1v) is 30.1. The molecular weight excluding hydrogens is 1170 g/mol. The fourth-order valence-electron chi connectivity index (χ4n) is 9.85. The van der Waals surface area contributed by atoms with Gasteiger partial charge in [-0.05, 0) is 82.6 Å². The van der Waals surface area contributed by atoms with Crippen LogP contribution in [0, 0.1) is 31.4 Å². The molecule has 2 aromatic carbocycles. The normalized spacial score (nSPS) is 16.3. The van der Waals surface area contributed by atoms with Gasteiger partial charge in [-0.1, -0.05) is 12.1 Å². The molecular formula is C55H61F2N13O14S2. The van der Waals surface area contributed by atoms with Crippen molar-refractivity contribution in [1.29, 1.82) is 0 Å². The zero-order valence-electron chi connectivity index (χ0n) is 48.0. The Bertz CT molecular complexity index is 3620. The minimum absolute atomic E-state index is 0.00914. The van der Waals surface area contributed by atoms with Crippen LogP contribution in [0.4, 0.5) is 25.5 Å². The number of esters is 1. The molecule has 8 aromatic rings. The summed E-state index contributed by atoms with van der Waals surface area (Å²) in [6, 6.07) is 17.2. The van der Waals surface area contributed by atoms with Gasteiger partial charge >= 0.3 is 12.1 Å². The van der Waals surface area contributed by atoms with Crippen LogP contribution in [0.15, 0.2) is 94.3 Å². The number of aromatic nitrogens is 10. The third-order valence-electron chi connectivity index (χ3n) is 13.8. The van der Waals surface area contributed by atoms with Gasteiger partial charge in [0.05, 0.1) is 89.5 Å². The van der Waals surface area contributed by atoms with Gasteiger partial charge in [-0.3, -0.25) is 18.8 Å². The average Bonchev–Trinajstić information content (AvgIpc) is 1.89. The summed E-state index contributed by atoms with van der Waals surface area (Å²) < 4.78 is 131. The summed E-state index contributed by atoms with van der Waals surface area (Å²) in [5.74, 6) is 0.578. The van der Waals surface area contributed by atoms with Gasteiger partial charge < -0.3 is 47.1 Å². The standard InChI is InChI=1S/C28H31FN6O7S.C27H30FN7O7S/c1-5-41-27(36)18-11-20(15-34(14-18)28-30-12-19(29)13-31-28)43(37,38)16-24-32-33-26(23-10-9-17(2)42-23)35(24)25-21(39-3)7-6-8-22(25)40-4;1-5-41-27(36)34-14-19(13-33(16-34)26-29-11-18(28)12-30-26)43(37,38)15-23-31-32-25(22-10-9-17(2)42-22)35(23)24-20(39-3)7-6-8-21(24)40-4/h6-10,12-13,18,20H,5,11,14-16H2,1-4H3;6-12,19H,5,13-16H2,1-4H3/t18-,20+;19-/m10/s1. The predicted molar refractivity (Wildman–Crippen MR) is 304 cm³/mol. The molecule has 0 spiro atoms. The first kappa shape index (κ1) is 61.3. The SMILES string of the molecule is CCOC(=O)N1C[C@@H](S(=O)(=O)Cc2nnc(-c3ccc(C)o3)n2-c2c(OC)cccc2OC)CN(c2ncc(F)cn2)C1.CCOC(=O)[C@@H]1C[C@H](S(=O)(=O)Cc2nnc(-c3ccc(C)o3)n2-c2c(OC)cccc2OC)CN(c2ncc(F)cn2)C1. The summed E-state index contributed by atoms with van der Waals surface area (Å²) in [5, 5.41) is 15.0. The molecule has 2 aliphatic rings. The monoisotopic (exact) mass is 1230 g/mol. The van der Waals surface area contributed by atoms with Crippen molar-refractivity contribution in [2.45, 2.75) is 56.1 Å². The number of benzene rings is 2. The second-order valence-electron chi connectivity index (χ2n) is 19.5. The number of carbonyl (C=O) groups excluding carboxylic acids is 2. The fraction of sp³-hybridized carbons (Fsp3) is 0.382. The molecule has 86 heavy (non-hydrogen) atoms. The lowest BCUT2D eigenvalue weighted by atomic mass is 9.98. The molecule has 456 valence electrons. The Hall–Kier alpha value is -9.26. The maximum Gasteiger partial charge on any atom is 0.411 e. The molecule has 6 aromatic heterocycles. The van der Waals surface area contributed by atoms with Crippen molar-refractivity contribution in [2.24, 2.45) is 5.92 Å². The third-order valence-corrected chi connectivity index (χ3v) is 17.8. The Morgan fingerprint density at radius 1 is 0.570 bits per heavy atom. The van der Waals surface area contributed by atoms with Gasteiger partial charge in [-0.25, -0.2) is 50.3 Å². The van der Waals surface area contributed by atoms with Crippen LogP contribution < -0.4 is 28.7 Å². The summed E-state index contributed by atoms with van der Waals surface area (Å²) in [5.41, 5.74) is 0.769. The molecule has 27 nitrogen and oxygen atoms in total. The predicted octanol–water partition coefficient (Wildman–Crippen LogP) is 6.16. The molecule has 3 atom stereocenters. The summed E-state index contributed by atoms with van der Waals surface area (Å²) in [6.45, 7) is 6.92. The molecule has 2 saturated heterocycles. The second-order valence-corrected chi connectivity index (χ2v) is 24.1. The van der Waals surface area contributed by atoms with Gasteiger partial charge in [0.2, 0.25) is 23.5 Å². The quantitative estimate of drug-likeness (QED) is 0.0819. The molecule has 1 amide bonds. The van der Waals surface area contributed by atoms with E-state index >= 15 is 0 Å². The molecule has 2 fully saturated rings. The van der Waals surface area contributed by atoms with Gasteiger partial charge in [-0.15, -0.1) is 20.4 Å². The summed E-state index contributed by atoms with van der Waals surface area (Å²) >= 11 is 0. The van der Waals surface area contributed by atoms with Crippen molar-refractivity contribution in [3.05, 3.63) is 120 Å². The van der Waals surface area contributed by atoms with E-state index in [1.807, 2.05) is 0 Å². The van der Waals surface area contributed by atoms with Crippen molar-refractivity contribution in [3.63, 3.8) is 0 Å². The number of anilines is 2. The number of hydrogen-bond donors (Lipinski definition) is 0. The number of rotatable bonds is 19. The highest BCUT2D eigenvalue weighted by atomic mass is 32.2. The Morgan fingerprint density at radius 3 is 1.42 bits per heavy atom. The zero-order valence-corrected chi connectivity index (χ0v) is 49.6. The van der Waals surface area contributed by atoms with E-state index in [-0.39, 0.29) is 87.7 Å². The minimum atomic E-state index is -4.06. The molecule has 2 aliphatic heterocycles. The molecule has 10 rings (SSSR count). The van der Waals surface area contributed by atoms with E-state index in [1.165, 1.54) is 42.8 Å². The summed E-state index contributed by atoms with van der Waals surface area (Å²) in [7, 11) is -2.14. The van der Waals surface area contributed by atoms with Crippen molar-refractivity contribution in [2.75, 3.05) is 84.3 Å². The number of nitrogens with zero attached hydrogens (tertiary/aromatic N) is 13. The molecule has 0 N–H and O–H groups in total. The maximum atomic E-state index is 14.1. The number of piperidine rings is 1. The van der Waals surface area contributed by atoms with Crippen LogP contribution in [-0.4, -0.2) is 168 Å². The number of furan rings is 2. The van der Waals surface area contributed by atoms with Crippen molar-refractivity contribution >= 4 is 43.6 Å². The molecule has 31 heteroatoms. The highest BCUT2D eigenvalue weighted by molar-refractivity contribution is 7.91. The van der Waals surface area contributed by atoms with Gasteiger partial charge in [0.15, 0.2) is 54.5 Å². The van der Waals surface area contributed by atoms with Crippen molar-refractivity contribution in [3.8, 4) is 57.5 Å². The van der Waals surface area contributed by atoms with Crippen LogP contribution in [0.25, 0.3) is 34.5 Å². The zero-order chi connectivity index (χ0) is 61.5. The van der Waals surface area contributed by atoms with Crippen LogP contribution in [0.3, 0.4) is 0 Å². The number of sulfone groups is 2. The Morgan fingerprint density at radius 2 is 1.00 bits per heavy atom. The minimum Gasteiger partial charge on any atom is -0.494 e. The lowest BCUT2D eigenvalue weighted by molar-refractivity contribution is -0.148. The van der Waals surface area contributed by atoms with Gasteiger partial charge in [0, 0.05) is 26.2 Å².